The van der Waals surface area contributed by atoms with Crippen LogP contribution in [-0.2, 0) is 16.1 Å². The largest absolute Gasteiger partial charge is 0.439 e. The van der Waals surface area contributed by atoms with E-state index in [0.29, 0.717) is 31.1 Å². The van der Waals surface area contributed by atoms with Crippen LogP contribution in [0.5, 0.6) is 11.6 Å². The number of pyridine rings is 1. The monoisotopic (exact) mass is 425 g/mol. The van der Waals surface area contributed by atoms with Gasteiger partial charge in [-0.2, -0.15) is 0 Å². The lowest BCUT2D eigenvalue weighted by atomic mass is 9.88. The number of nitrogens with one attached hydrogen (secondary N) is 1. The van der Waals surface area contributed by atoms with Crippen LogP contribution in [0.4, 0.5) is 4.39 Å². The first-order chi connectivity index (χ1) is 15.1. The van der Waals surface area contributed by atoms with Crippen LogP contribution < -0.4 is 10.1 Å². The van der Waals surface area contributed by atoms with E-state index in [2.05, 4.69) is 10.3 Å². The van der Waals surface area contributed by atoms with Crippen LogP contribution in [0.1, 0.15) is 50.5 Å². The smallest absolute Gasteiger partial charge is 0.243 e. The minimum atomic E-state index is -0.383. The molecule has 1 aliphatic carbocycles. The summed E-state index contributed by atoms with van der Waals surface area (Å²) in [5.74, 6) is 0.634. The van der Waals surface area contributed by atoms with Crippen LogP contribution in [0.2, 0.25) is 0 Å². The normalized spacial score (nSPS) is 19.3. The van der Waals surface area contributed by atoms with Crippen molar-refractivity contribution >= 4 is 11.8 Å². The predicted molar refractivity (Wildman–Crippen MR) is 114 cm³/mol. The molecule has 4 rings (SSSR count). The third kappa shape index (κ3) is 5.40. The zero-order valence-electron chi connectivity index (χ0n) is 17.6. The molecule has 0 bridgehead atoms. The lowest BCUT2D eigenvalue weighted by molar-refractivity contribution is -0.142. The summed E-state index contributed by atoms with van der Waals surface area (Å²) < 4.78 is 18.7. The highest BCUT2D eigenvalue weighted by atomic mass is 19.1. The maximum absolute atomic E-state index is 13.0. The number of amides is 2. The molecule has 6 nitrogen and oxygen atoms in total. The van der Waals surface area contributed by atoms with Crippen molar-refractivity contribution in [3.05, 3.63) is 54.0 Å². The SMILES string of the molecule is O=C(NCc1ccnc(Oc2ccc(F)cc2)c1)C1CCCN1C(=O)C1CCCCC1. The first-order valence-corrected chi connectivity index (χ1v) is 11.1. The molecule has 2 amide bonds. The molecular weight excluding hydrogens is 397 g/mol. The predicted octanol–water partition coefficient (Wildman–Crippen LogP) is 4.20. The van der Waals surface area contributed by atoms with Crippen molar-refractivity contribution in [3.8, 4) is 11.6 Å². The molecule has 1 aliphatic heterocycles. The van der Waals surface area contributed by atoms with Crippen LogP contribution in [0.3, 0.4) is 0 Å². The minimum absolute atomic E-state index is 0.0773. The van der Waals surface area contributed by atoms with Gasteiger partial charge in [0.25, 0.3) is 0 Å². The van der Waals surface area contributed by atoms with Crippen molar-refractivity contribution in [3.63, 3.8) is 0 Å². The molecule has 31 heavy (non-hydrogen) atoms. The number of carbonyl (C=O) groups excluding carboxylic acids is 2. The molecule has 2 fully saturated rings. The van der Waals surface area contributed by atoms with Gasteiger partial charge in [0.05, 0.1) is 0 Å². The summed E-state index contributed by atoms with van der Waals surface area (Å²) >= 11 is 0. The number of aromatic nitrogens is 1. The highest BCUT2D eigenvalue weighted by Crippen LogP contribution is 2.29. The Kier molecular flexibility index (Phi) is 6.79. The minimum Gasteiger partial charge on any atom is -0.439 e. The summed E-state index contributed by atoms with van der Waals surface area (Å²) in [6.45, 7) is 0.988. The van der Waals surface area contributed by atoms with Gasteiger partial charge in [0.15, 0.2) is 0 Å². The highest BCUT2D eigenvalue weighted by molar-refractivity contribution is 5.89. The van der Waals surface area contributed by atoms with Crippen molar-refractivity contribution in [2.75, 3.05) is 6.54 Å². The van der Waals surface area contributed by atoms with Crippen molar-refractivity contribution in [2.24, 2.45) is 5.92 Å². The second-order valence-electron chi connectivity index (χ2n) is 8.30. The maximum Gasteiger partial charge on any atom is 0.243 e. The first-order valence-electron chi connectivity index (χ1n) is 11.1. The van der Waals surface area contributed by atoms with Gasteiger partial charge in [-0.05, 0) is 61.6 Å². The molecule has 1 N–H and O–H groups in total. The fourth-order valence-corrected chi connectivity index (χ4v) is 4.43. The standard InChI is InChI=1S/C24H28FN3O3/c25-19-8-10-20(11-9-19)31-22-15-17(12-13-26-22)16-27-23(29)21-7-4-14-28(21)24(30)18-5-2-1-3-6-18/h8-13,15,18,21H,1-7,14,16H2,(H,27,29). The molecule has 2 heterocycles. The highest BCUT2D eigenvalue weighted by Gasteiger charge is 2.37. The number of halogens is 1. The van der Waals surface area contributed by atoms with Crippen molar-refractivity contribution in [1.82, 2.24) is 15.2 Å². The summed E-state index contributed by atoms with van der Waals surface area (Å²) in [5.41, 5.74) is 0.837. The Bertz CT molecular complexity index is 913. The van der Waals surface area contributed by atoms with E-state index in [1.807, 2.05) is 0 Å². The second kappa shape index (κ2) is 9.90. The Morgan fingerprint density at radius 3 is 2.61 bits per heavy atom. The number of hydrogen-bond acceptors (Lipinski definition) is 4. The number of carbonyl (C=O) groups is 2. The summed E-state index contributed by atoms with van der Waals surface area (Å²) in [7, 11) is 0. The number of rotatable bonds is 6. The van der Waals surface area contributed by atoms with Gasteiger partial charge in [-0.15, -0.1) is 0 Å². The first kappa shape index (κ1) is 21.3. The summed E-state index contributed by atoms with van der Waals surface area (Å²) in [5, 5.41) is 2.96. The molecule has 164 valence electrons. The molecule has 1 aromatic heterocycles. The van der Waals surface area contributed by atoms with E-state index in [4.69, 9.17) is 4.74 Å². The fraction of sp³-hybridized carbons (Fsp3) is 0.458. The average molecular weight is 426 g/mol. The third-order valence-corrected chi connectivity index (χ3v) is 6.10. The van der Waals surface area contributed by atoms with Crippen LogP contribution in [0, 0.1) is 11.7 Å². The van der Waals surface area contributed by atoms with Gasteiger partial charge in [0.2, 0.25) is 17.7 Å². The number of likely N-dealkylation sites (tertiary alicyclic amines) is 1. The van der Waals surface area contributed by atoms with Gasteiger partial charge in [-0.25, -0.2) is 9.37 Å². The molecule has 1 saturated carbocycles. The lowest BCUT2D eigenvalue weighted by Gasteiger charge is -2.30. The Hall–Kier alpha value is -2.96. The van der Waals surface area contributed by atoms with Crippen LogP contribution in [0.25, 0.3) is 0 Å². The van der Waals surface area contributed by atoms with Crippen molar-refractivity contribution < 1.29 is 18.7 Å². The van der Waals surface area contributed by atoms with E-state index in [9.17, 15) is 14.0 Å². The van der Waals surface area contributed by atoms with Crippen LogP contribution >= 0.6 is 0 Å². The number of benzene rings is 1. The Labute approximate surface area is 181 Å². The summed E-state index contributed by atoms with van der Waals surface area (Å²) in [4.78, 5) is 31.7. The van der Waals surface area contributed by atoms with E-state index in [-0.39, 0.29) is 29.6 Å². The van der Waals surface area contributed by atoms with Gasteiger partial charge < -0.3 is 15.0 Å². The molecular formula is C24H28FN3O3. The number of hydrogen-bond donors (Lipinski definition) is 1. The van der Waals surface area contributed by atoms with Gasteiger partial charge in [-0.1, -0.05) is 19.3 Å². The van der Waals surface area contributed by atoms with Crippen LogP contribution in [-0.4, -0.2) is 34.3 Å². The van der Waals surface area contributed by atoms with E-state index >= 15 is 0 Å². The van der Waals surface area contributed by atoms with E-state index in [1.165, 1.54) is 30.7 Å². The molecule has 1 saturated heterocycles. The molecule has 0 spiro atoms. The molecule has 7 heteroatoms. The van der Waals surface area contributed by atoms with Gasteiger partial charge in [-0.3, -0.25) is 9.59 Å². The number of nitrogens with zero attached hydrogens (tertiary/aromatic N) is 2. The molecule has 0 radical (unpaired) electrons. The third-order valence-electron chi connectivity index (χ3n) is 6.10. The van der Waals surface area contributed by atoms with E-state index < -0.39 is 0 Å². The van der Waals surface area contributed by atoms with E-state index in [0.717, 1.165) is 37.7 Å². The van der Waals surface area contributed by atoms with Crippen molar-refractivity contribution in [1.29, 1.82) is 0 Å². The number of ether oxygens (including phenoxy) is 1. The summed E-state index contributed by atoms with van der Waals surface area (Å²) in [6, 6.07) is 8.86. The Balaban J connectivity index is 1.33. The lowest BCUT2D eigenvalue weighted by Crippen LogP contribution is -2.47. The van der Waals surface area contributed by atoms with Crippen LogP contribution in [0.15, 0.2) is 42.6 Å². The van der Waals surface area contributed by atoms with E-state index in [1.54, 1.807) is 23.2 Å². The molecule has 1 atom stereocenters. The van der Waals surface area contributed by atoms with Gasteiger partial charge in [0, 0.05) is 31.3 Å². The quantitative estimate of drug-likeness (QED) is 0.753. The Morgan fingerprint density at radius 2 is 1.84 bits per heavy atom. The Morgan fingerprint density at radius 1 is 1.06 bits per heavy atom. The molecule has 1 unspecified atom stereocenters. The average Bonchev–Trinajstić information content (AvgIpc) is 3.29. The van der Waals surface area contributed by atoms with Gasteiger partial charge in [0.1, 0.15) is 17.6 Å². The van der Waals surface area contributed by atoms with Gasteiger partial charge >= 0.3 is 0 Å². The van der Waals surface area contributed by atoms with Crippen molar-refractivity contribution in [2.45, 2.75) is 57.5 Å². The maximum atomic E-state index is 13.0. The zero-order chi connectivity index (χ0) is 21.6. The zero-order valence-corrected chi connectivity index (χ0v) is 17.6. The second-order valence-corrected chi connectivity index (χ2v) is 8.30. The molecule has 2 aromatic rings. The fourth-order valence-electron chi connectivity index (χ4n) is 4.43. The molecule has 2 aliphatic rings. The molecule has 1 aromatic carbocycles. The topological polar surface area (TPSA) is 71.5 Å². The summed E-state index contributed by atoms with van der Waals surface area (Å²) in [6.07, 6.45) is 8.47.